The van der Waals surface area contributed by atoms with Crippen LogP contribution < -0.4 is 15.1 Å². The molecule has 4 rings (SSSR count). The maximum Gasteiger partial charge on any atom is 0.498 e. The van der Waals surface area contributed by atoms with Gasteiger partial charge in [0.2, 0.25) is 0 Å². The van der Waals surface area contributed by atoms with Crippen molar-refractivity contribution in [3.63, 3.8) is 0 Å². The van der Waals surface area contributed by atoms with Crippen molar-refractivity contribution in [2.75, 3.05) is 32.1 Å². The number of carbonyl (C=O) groups excluding carboxylic acids is 1. The Kier molecular flexibility index (Phi) is 5.48. The van der Waals surface area contributed by atoms with Gasteiger partial charge in [-0.3, -0.25) is 4.90 Å². The molecular weight excluding hydrogens is 415 g/mol. The van der Waals surface area contributed by atoms with Crippen LogP contribution in [0.1, 0.15) is 27.7 Å². The fraction of sp³-hybridized carbons (Fsp3) is 0.435. The fourth-order valence-corrected chi connectivity index (χ4v) is 4.21. The van der Waals surface area contributed by atoms with Crippen LogP contribution in [-0.4, -0.2) is 56.5 Å². The maximum absolute atomic E-state index is 12.4. The second-order valence-electron chi connectivity index (χ2n) is 9.04. The molecule has 0 radical (unpaired) electrons. The van der Waals surface area contributed by atoms with Gasteiger partial charge in [0, 0.05) is 31.2 Å². The number of amides is 2. The predicted molar refractivity (Wildman–Crippen MR) is 125 cm³/mol. The lowest BCUT2D eigenvalue weighted by atomic mass is 9.77. The number of nitrogens with zero attached hydrogens (tertiary/aromatic N) is 2. The zero-order valence-corrected chi connectivity index (χ0v) is 19.6. The third-order valence-electron chi connectivity index (χ3n) is 6.52. The minimum Gasteiger partial charge on any atom is -0.496 e. The predicted octanol–water partition coefficient (Wildman–Crippen LogP) is 4.19. The Morgan fingerprint density at radius 2 is 1.74 bits per heavy atom. The summed E-state index contributed by atoms with van der Waals surface area (Å²) in [4.78, 5) is 15.7. The second kappa shape index (κ2) is 7.73. The van der Waals surface area contributed by atoms with Crippen molar-refractivity contribution in [2.24, 2.45) is 0 Å². The number of para-hydroxylation sites is 1. The standard InChI is InChI=1S/C23H28BClN2O4/c1-22(2)23(3,4)31-24(30-22)17-9-7-8-16(20(17)29-6)15-10-11-19(18(25)14-15)27-13-12-26(5)21(27)28/h7-11,14H,12-13H2,1-6H3. The number of hydrogen-bond donors (Lipinski definition) is 0. The number of carbonyl (C=O) groups is 1. The van der Waals surface area contributed by atoms with E-state index < -0.39 is 18.3 Å². The van der Waals surface area contributed by atoms with Crippen molar-refractivity contribution in [1.29, 1.82) is 0 Å². The second-order valence-corrected chi connectivity index (χ2v) is 9.45. The van der Waals surface area contributed by atoms with E-state index in [4.69, 9.17) is 25.6 Å². The highest BCUT2D eigenvalue weighted by Gasteiger charge is 2.52. The van der Waals surface area contributed by atoms with Crippen LogP contribution in [0, 0.1) is 0 Å². The number of rotatable bonds is 4. The van der Waals surface area contributed by atoms with Crippen molar-refractivity contribution in [3.05, 3.63) is 41.4 Å². The number of urea groups is 1. The molecule has 31 heavy (non-hydrogen) atoms. The maximum atomic E-state index is 12.4. The first-order chi connectivity index (χ1) is 14.6. The summed E-state index contributed by atoms with van der Waals surface area (Å²) in [6, 6.07) is 11.6. The molecule has 2 aliphatic heterocycles. The SMILES string of the molecule is COc1c(B2OC(C)(C)C(C)(C)O2)cccc1-c1ccc(N2CCN(C)C2=O)c(Cl)c1. The van der Waals surface area contributed by atoms with E-state index in [0.717, 1.165) is 16.6 Å². The van der Waals surface area contributed by atoms with Gasteiger partial charge in [0.25, 0.3) is 0 Å². The first-order valence-electron chi connectivity index (χ1n) is 10.4. The molecule has 2 fully saturated rings. The van der Waals surface area contributed by atoms with Crippen LogP contribution in [0.4, 0.5) is 10.5 Å². The van der Waals surface area contributed by atoms with Crippen LogP contribution >= 0.6 is 11.6 Å². The van der Waals surface area contributed by atoms with Crippen molar-refractivity contribution in [2.45, 2.75) is 38.9 Å². The number of hydrogen-bond acceptors (Lipinski definition) is 4. The number of halogens is 1. The summed E-state index contributed by atoms with van der Waals surface area (Å²) in [6.45, 7) is 9.41. The molecule has 2 saturated heterocycles. The lowest BCUT2D eigenvalue weighted by Gasteiger charge is -2.32. The van der Waals surface area contributed by atoms with Crippen molar-refractivity contribution >= 4 is 35.9 Å². The topological polar surface area (TPSA) is 51.2 Å². The molecule has 6 nitrogen and oxygen atoms in total. The Morgan fingerprint density at radius 1 is 1.06 bits per heavy atom. The lowest BCUT2D eigenvalue weighted by molar-refractivity contribution is 0.00578. The Hall–Kier alpha value is -2.22. The van der Waals surface area contributed by atoms with Gasteiger partial charge in [-0.05, 0) is 45.4 Å². The molecule has 0 atom stereocenters. The Morgan fingerprint density at radius 3 is 2.29 bits per heavy atom. The molecule has 0 aromatic heterocycles. The molecule has 2 aliphatic rings. The molecule has 0 saturated carbocycles. The van der Waals surface area contributed by atoms with Crippen LogP contribution in [-0.2, 0) is 9.31 Å². The van der Waals surface area contributed by atoms with Gasteiger partial charge in [-0.1, -0.05) is 35.9 Å². The van der Waals surface area contributed by atoms with E-state index in [0.29, 0.717) is 29.5 Å². The average molecular weight is 443 g/mol. The summed E-state index contributed by atoms with van der Waals surface area (Å²) in [6.07, 6.45) is 0. The molecular formula is C23H28BClN2O4. The van der Waals surface area contributed by atoms with Crippen LogP contribution in [0.15, 0.2) is 36.4 Å². The van der Waals surface area contributed by atoms with E-state index in [1.807, 2.05) is 64.1 Å². The summed E-state index contributed by atoms with van der Waals surface area (Å²) in [5.74, 6) is 0.682. The number of likely N-dealkylation sites (N-methyl/N-ethyl adjacent to an activating group) is 1. The first kappa shape index (κ1) is 22.0. The fourth-order valence-electron chi connectivity index (χ4n) is 3.93. The van der Waals surface area contributed by atoms with Crippen LogP contribution in [0.5, 0.6) is 5.75 Å². The van der Waals surface area contributed by atoms with E-state index in [-0.39, 0.29) is 6.03 Å². The smallest absolute Gasteiger partial charge is 0.496 e. The number of benzene rings is 2. The highest BCUT2D eigenvalue weighted by molar-refractivity contribution is 6.63. The number of methoxy groups -OCH3 is 1. The molecule has 0 unspecified atom stereocenters. The first-order valence-corrected chi connectivity index (χ1v) is 10.8. The van der Waals surface area contributed by atoms with Gasteiger partial charge in [-0.15, -0.1) is 0 Å². The number of ether oxygens (including phenoxy) is 1. The zero-order valence-electron chi connectivity index (χ0n) is 18.9. The highest BCUT2D eigenvalue weighted by Crippen LogP contribution is 2.39. The molecule has 2 aromatic rings. The third kappa shape index (κ3) is 3.69. The minimum absolute atomic E-state index is 0.0463. The lowest BCUT2D eigenvalue weighted by Crippen LogP contribution is -2.41. The summed E-state index contributed by atoms with van der Waals surface area (Å²) in [5.41, 5.74) is 2.42. The summed E-state index contributed by atoms with van der Waals surface area (Å²) in [7, 11) is 2.89. The van der Waals surface area contributed by atoms with Gasteiger partial charge in [-0.2, -0.15) is 0 Å². The molecule has 0 bridgehead atoms. The number of anilines is 1. The molecule has 2 amide bonds. The van der Waals surface area contributed by atoms with E-state index in [9.17, 15) is 4.79 Å². The van der Waals surface area contributed by atoms with Gasteiger partial charge < -0.3 is 18.9 Å². The zero-order chi connectivity index (χ0) is 22.6. The Balaban J connectivity index is 1.71. The molecule has 164 valence electrons. The molecule has 0 aliphatic carbocycles. The summed E-state index contributed by atoms with van der Waals surface area (Å²) >= 11 is 6.61. The molecule has 2 heterocycles. The van der Waals surface area contributed by atoms with Gasteiger partial charge >= 0.3 is 13.1 Å². The minimum atomic E-state index is -0.535. The van der Waals surface area contributed by atoms with Gasteiger partial charge in [-0.25, -0.2) is 4.79 Å². The summed E-state index contributed by atoms with van der Waals surface area (Å²) < 4.78 is 18.3. The van der Waals surface area contributed by atoms with Crippen molar-refractivity contribution < 1.29 is 18.8 Å². The highest BCUT2D eigenvalue weighted by atomic mass is 35.5. The van der Waals surface area contributed by atoms with Crippen molar-refractivity contribution in [1.82, 2.24) is 4.90 Å². The van der Waals surface area contributed by atoms with Crippen LogP contribution in [0.3, 0.4) is 0 Å². The van der Waals surface area contributed by atoms with Crippen molar-refractivity contribution in [3.8, 4) is 16.9 Å². The quantitative estimate of drug-likeness (QED) is 0.666. The van der Waals surface area contributed by atoms with Gasteiger partial charge in [0.15, 0.2) is 0 Å². The summed E-state index contributed by atoms with van der Waals surface area (Å²) in [5, 5.41) is 0.518. The molecule has 8 heteroatoms. The van der Waals surface area contributed by atoms with E-state index >= 15 is 0 Å². The largest absolute Gasteiger partial charge is 0.498 e. The Bertz CT molecular complexity index is 1010. The average Bonchev–Trinajstić information content (AvgIpc) is 3.15. The van der Waals surface area contributed by atoms with E-state index in [2.05, 4.69) is 0 Å². The normalized spacial score (nSPS) is 20.0. The van der Waals surface area contributed by atoms with E-state index in [1.54, 1.807) is 24.0 Å². The molecule has 0 N–H and O–H groups in total. The monoisotopic (exact) mass is 442 g/mol. The molecule has 2 aromatic carbocycles. The van der Waals surface area contributed by atoms with Crippen LogP contribution in [0.2, 0.25) is 5.02 Å². The Labute approximate surface area is 189 Å². The van der Waals surface area contributed by atoms with Gasteiger partial charge in [0.1, 0.15) is 5.75 Å². The third-order valence-corrected chi connectivity index (χ3v) is 6.83. The van der Waals surface area contributed by atoms with E-state index in [1.165, 1.54) is 0 Å². The van der Waals surface area contributed by atoms with Crippen LogP contribution in [0.25, 0.3) is 11.1 Å². The molecule has 0 spiro atoms. The van der Waals surface area contributed by atoms with Gasteiger partial charge in [0.05, 0.1) is 29.0 Å².